The van der Waals surface area contributed by atoms with Crippen molar-refractivity contribution in [2.24, 2.45) is 0 Å². The number of benzene rings is 1. The third-order valence-electron chi connectivity index (χ3n) is 4.73. The first-order valence-corrected chi connectivity index (χ1v) is 10.5. The highest BCUT2D eigenvalue weighted by Gasteiger charge is 2.34. The number of thiophene rings is 1. The van der Waals surface area contributed by atoms with Crippen molar-refractivity contribution in [3.63, 3.8) is 0 Å². The summed E-state index contributed by atoms with van der Waals surface area (Å²) in [6.07, 6.45) is 0.443. The van der Waals surface area contributed by atoms with E-state index >= 15 is 0 Å². The molecule has 2 aliphatic rings. The molecule has 8 heteroatoms. The fraction of sp³-hybridized carbons (Fsp3) is 0.353. The number of aromatic hydroxyl groups is 1. The van der Waals surface area contributed by atoms with Crippen molar-refractivity contribution in [3.05, 3.63) is 42.6 Å². The highest BCUT2D eigenvalue weighted by atomic mass is 79.9. The SMILES string of the molecule is CCN1CCc2c(sc3c2C(=O)N[C@@H](c2cc(Br)cc(Br)c2O)N3)C1. The van der Waals surface area contributed by atoms with Gasteiger partial charge in [-0.2, -0.15) is 0 Å². The van der Waals surface area contributed by atoms with Crippen molar-refractivity contribution in [3.8, 4) is 5.75 Å². The van der Waals surface area contributed by atoms with E-state index in [0.29, 0.717) is 10.0 Å². The third-order valence-corrected chi connectivity index (χ3v) is 6.94. The van der Waals surface area contributed by atoms with Crippen LogP contribution >= 0.6 is 43.2 Å². The van der Waals surface area contributed by atoms with Crippen molar-refractivity contribution < 1.29 is 9.90 Å². The van der Waals surface area contributed by atoms with Gasteiger partial charge in [-0.05, 0) is 46.6 Å². The summed E-state index contributed by atoms with van der Waals surface area (Å²) < 4.78 is 1.42. The number of nitrogens with zero attached hydrogens (tertiary/aromatic N) is 1. The molecule has 0 saturated carbocycles. The van der Waals surface area contributed by atoms with Gasteiger partial charge in [0.25, 0.3) is 5.91 Å². The van der Waals surface area contributed by atoms with E-state index in [-0.39, 0.29) is 11.7 Å². The maximum Gasteiger partial charge on any atom is 0.256 e. The number of likely N-dealkylation sites (N-methyl/N-ethyl adjacent to an activating group) is 1. The highest BCUT2D eigenvalue weighted by Crippen LogP contribution is 2.43. The summed E-state index contributed by atoms with van der Waals surface area (Å²) in [6.45, 7) is 5.07. The molecular weight excluding hydrogens is 470 g/mol. The Hall–Kier alpha value is -1.09. The van der Waals surface area contributed by atoms with Gasteiger partial charge >= 0.3 is 0 Å². The predicted molar refractivity (Wildman–Crippen MR) is 106 cm³/mol. The van der Waals surface area contributed by atoms with Gasteiger partial charge < -0.3 is 15.7 Å². The topological polar surface area (TPSA) is 64.6 Å². The molecule has 1 atom stereocenters. The summed E-state index contributed by atoms with van der Waals surface area (Å²) in [4.78, 5) is 16.4. The van der Waals surface area contributed by atoms with Crippen LogP contribution in [0.15, 0.2) is 21.1 Å². The smallest absolute Gasteiger partial charge is 0.256 e. The van der Waals surface area contributed by atoms with Crippen LogP contribution in [0, 0.1) is 0 Å². The fourth-order valence-corrected chi connectivity index (χ4v) is 5.97. The second-order valence-electron chi connectivity index (χ2n) is 6.20. The number of rotatable bonds is 2. The fourth-order valence-electron chi connectivity index (χ4n) is 3.40. The molecule has 3 heterocycles. The Bertz CT molecular complexity index is 868. The molecule has 0 radical (unpaired) electrons. The standard InChI is InChI=1S/C17H17Br2N3O2S/c1-2-22-4-3-9-12(7-22)25-17-13(9)16(24)20-15(21-17)10-5-8(18)6-11(19)14(10)23/h5-6,15,21,23H,2-4,7H2,1H3,(H,20,24)/t15-/m1/s1. The van der Waals surface area contributed by atoms with Crippen LogP contribution in [0.25, 0.3) is 0 Å². The molecule has 25 heavy (non-hydrogen) atoms. The lowest BCUT2D eigenvalue weighted by molar-refractivity contribution is 0.0934. The molecule has 1 aromatic heterocycles. The van der Waals surface area contributed by atoms with Crippen LogP contribution in [0.3, 0.4) is 0 Å². The van der Waals surface area contributed by atoms with E-state index < -0.39 is 6.17 Å². The zero-order chi connectivity index (χ0) is 17.7. The minimum atomic E-state index is -0.462. The lowest BCUT2D eigenvalue weighted by atomic mass is 10.00. The maximum absolute atomic E-state index is 12.8. The minimum absolute atomic E-state index is 0.0725. The van der Waals surface area contributed by atoms with E-state index in [0.717, 1.165) is 41.1 Å². The average Bonchev–Trinajstić information content (AvgIpc) is 2.95. The number of carbonyl (C=O) groups is 1. The Balaban J connectivity index is 1.71. The summed E-state index contributed by atoms with van der Waals surface area (Å²) in [6, 6.07) is 3.59. The van der Waals surface area contributed by atoms with Gasteiger partial charge in [0.1, 0.15) is 16.9 Å². The van der Waals surface area contributed by atoms with Crippen molar-refractivity contribution in [1.29, 1.82) is 0 Å². The summed E-state index contributed by atoms with van der Waals surface area (Å²) in [5, 5.41) is 17.7. The number of phenolic OH excluding ortho intramolecular Hbond substituents is 1. The molecule has 0 saturated heterocycles. The Kier molecular flexibility index (Phi) is 4.56. The Morgan fingerprint density at radius 3 is 2.92 bits per heavy atom. The van der Waals surface area contributed by atoms with Gasteiger partial charge in [-0.3, -0.25) is 9.69 Å². The first-order chi connectivity index (χ1) is 12.0. The molecule has 0 bridgehead atoms. The van der Waals surface area contributed by atoms with E-state index in [4.69, 9.17) is 0 Å². The molecule has 3 N–H and O–H groups in total. The number of phenols is 1. The molecule has 2 aliphatic heterocycles. The van der Waals surface area contributed by atoms with Gasteiger partial charge in [0.05, 0.1) is 10.0 Å². The van der Waals surface area contributed by atoms with Crippen LogP contribution in [0.1, 0.15) is 39.5 Å². The molecule has 0 aliphatic carbocycles. The van der Waals surface area contributed by atoms with E-state index in [1.807, 2.05) is 6.07 Å². The zero-order valence-corrected chi connectivity index (χ0v) is 17.5. The Morgan fingerprint density at radius 1 is 1.36 bits per heavy atom. The quantitative estimate of drug-likeness (QED) is 0.594. The molecule has 132 valence electrons. The molecule has 2 aromatic rings. The van der Waals surface area contributed by atoms with Gasteiger partial charge in [0, 0.05) is 28.0 Å². The number of anilines is 1. The van der Waals surface area contributed by atoms with Gasteiger partial charge in [-0.1, -0.05) is 22.9 Å². The highest BCUT2D eigenvalue weighted by molar-refractivity contribution is 9.11. The molecule has 0 unspecified atom stereocenters. The third kappa shape index (κ3) is 2.99. The number of hydrogen-bond donors (Lipinski definition) is 3. The molecular formula is C17H17Br2N3O2S. The zero-order valence-electron chi connectivity index (χ0n) is 13.5. The van der Waals surface area contributed by atoms with Crippen LogP contribution in [0.4, 0.5) is 5.00 Å². The normalized spacial score (nSPS) is 19.8. The summed E-state index contributed by atoms with van der Waals surface area (Å²) in [7, 11) is 0. The lowest BCUT2D eigenvalue weighted by Gasteiger charge is -2.28. The van der Waals surface area contributed by atoms with Crippen LogP contribution in [-0.4, -0.2) is 29.0 Å². The second-order valence-corrected chi connectivity index (χ2v) is 9.08. The van der Waals surface area contributed by atoms with E-state index in [2.05, 4.69) is 54.3 Å². The number of fused-ring (bicyclic) bond motifs is 3. The molecule has 0 spiro atoms. The van der Waals surface area contributed by atoms with Gasteiger partial charge in [0.2, 0.25) is 0 Å². The first-order valence-electron chi connectivity index (χ1n) is 8.10. The molecule has 4 rings (SSSR count). The van der Waals surface area contributed by atoms with Crippen LogP contribution < -0.4 is 10.6 Å². The number of hydrogen-bond acceptors (Lipinski definition) is 5. The van der Waals surface area contributed by atoms with Crippen LogP contribution in [0.2, 0.25) is 0 Å². The average molecular weight is 487 g/mol. The Morgan fingerprint density at radius 2 is 2.16 bits per heavy atom. The minimum Gasteiger partial charge on any atom is -0.506 e. The number of halogens is 2. The predicted octanol–water partition coefficient (Wildman–Crippen LogP) is 4.21. The second kappa shape index (κ2) is 6.57. The van der Waals surface area contributed by atoms with Crippen molar-refractivity contribution in [2.75, 3.05) is 18.4 Å². The number of carbonyl (C=O) groups excluding carboxylic acids is 1. The number of nitrogens with one attached hydrogen (secondary N) is 2. The largest absolute Gasteiger partial charge is 0.506 e. The van der Waals surface area contributed by atoms with E-state index in [9.17, 15) is 9.90 Å². The summed E-state index contributed by atoms with van der Waals surface area (Å²) in [5.74, 6) is 0.0552. The summed E-state index contributed by atoms with van der Waals surface area (Å²) in [5.41, 5.74) is 2.58. The Labute approximate surface area is 166 Å². The molecule has 0 fully saturated rings. The molecule has 1 amide bonds. The maximum atomic E-state index is 12.8. The van der Waals surface area contributed by atoms with Crippen molar-refractivity contribution in [1.82, 2.24) is 10.2 Å². The summed E-state index contributed by atoms with van der Waals surface area (Å²) >= 11 is 8.44. The van der Waals surface area contributed by atoms with Crippen molar-refractivity contribution in [2.45, 2.75) is 26.1 Å². The van der Waals surface area contributed by atoms with E-state index in [1.165, 1.54) is 10.4 Å². The molecule has 1 aromatic carbocycles. The monoisotopic (exact) mass is 485 g/mol. The van der Waals surface area contributed by atoms with E-state index in [1.54, 1.807) is 17.4 Å². The molecule has 5 nitrogen and oxygen atoms in total. The van der Waals surface area contributed by atoms with Gasteiger partial charge in [-0.25, -0.2) is 0 Å². The lowest BCUT2D eigenvalue weighted by Crippen LogP contribution is -2.39. The van der Waals surface area contributed by atoms with Crippen molar-refractivity contribution >= 4 is 54.1 Å². The van der Waals surface area contributed by atoms with Gasteiger partial charge in [0.15, 0.2) is 0 Å². The van der Waals surface area contributed by atoms with Crippen LogP contribution in [0.5, 0.6) is 5.75 Å². The first kappa shape index (κ1) is 17.3. The van der Waals surface area contributed by atoms with Gasteiger partial charge in [-0.15, -0.1) is 11.3 Å². The van der Waals surface area contributed by atoms with Crippen LogP contribution in [-0.2, 0) is 13.0 Å². The number of amides is 1.